The molecule has 0 amide bonds. The van der Waals surface area contributed by atoms with Crippen molar-refractivity contribution in [2.45, 2.75) is 63.1 Å². The molecule has 0 fully saturated rings. The first-order valence-electron chi connectivity index (χ1n) is 8.82. The molecule has 1 rings (SSSR count). The normalized spacial score (nSPS) is 13.4. The van der Waals surface area contributed by atoms with Crippen molar-refractivity contribution in [1.82, 2.24) is 4.31 Å². The van der Waals surface area contributed by atoms with Gasteiger partial charge in [0.15, 0.2) is 8.32 Å². The third kappa shape index (κ3) is 4.94. The average molecular weight is 451 g/mol. The molecule has 0 N–H and O–H groups in total. The van der Waals surface area contributed by atoms with Crippen molar-refractivity contribution in [2.24, 2.45) is 0 Å². The summed E-state index contributed by atoms with van der Waals surface area (Å²) in [5, 5.41) is 0. The number of rotatable bonds is 9. The number of sulfonamides is 1. The van der Waals surface area contributed by atoms with Crippen molar-refractivity contribution in [2.75, 3.05) is 20.2 Å². The Hall–Kier alpha value is -0.213. The first-order chi connectivity index (χ1) is 11.5. The first kappa shape index (κ1) is 22.8. The second-order valence-electron chi connectivity index (χ2n) is 7.42. The van der Waals surface area contributed by atoms with E-state index in [1.807, 2.05) is 0 Å². The third-order valence-electron chi connectivity index (χ3n) is 4.99. The molecule has 4 nitrogen and oxygen atoms in total. The highest BCUT2D eigenvalue weighted by Crippen LogP contribution is 2.42. The number of hydrogen-bond acceptors (Lipinski definition) is 3. The molecular formula is C18H32BrNO3SSi. The van der Waals surface area contributed by atoms with Crippen molar-refractivity contribution >= 4 is 34.3 Å². The highest BCUT2D eigenvalue weighted by molar-refractivity contribution is 9.10. The van der Waals surface area contributed by atoms with Crippen LogP contribution in [0.15, 0.2) is 33.6 Å². The van der Waals surface area contributed by atoms with Gasteiger partial charge in [0.1, 0.15) is 0 Å². The van der Waals surface area contributed by atoms with Gasteiger partial charge >= 0.3 is 0 Å². The SMILES string of the molecule is CC(C)[Si](OCCN(C)S(=O)(=O)c1ccccc1Br)(C(C)C)C(C)C. The summed E-state index contributed by atoms with van der Waals surface area (Å²) in [6.45, 7) is 14.2. The Kier molecular flexibility index (Phi) is 8.33. The highest BCUT2D eigenvalue weighted by atomic mass is 79.9. The van der Waals surface area contributed by atoms with E-state index in [1.54, 1.807) is 31.3 Å². The van der Waals surface area contributed by atoms with Crippen LogP contribution < -0.4 is 0 Å². The van der Waals surface area contributed by atoms with Crippen LogP contribution in [0.2, 0.25) is 16.6 Å². The van der Waals surface area contributed by atoms with E-state index in [1.165, 1.54) is 4.31 Å². The monoisotopic (exact) mass is 449 g/mol. The van der Waals surface area contributed by atoms with Crippen LogP contribution in [0, 0.1) is 0 Å². The van der Waals surface area contributed by atoms with Crippen molar-refractivity contribution in [3.63, 3.8) is 0 Å². The zero-order valence-corrected chi connectivity index (χ0v) is 19.8. The Bertz CT molecular complexity index is 640. The molecule has 1 aromatic carbocycles. The molecule has 144 valence electrons. The van der Waals surface area contributed by atoms with Gasteiger partial charge in [-0.3, -0.25) is 0 Å². The number of hydrogen-bond donors (Lipinski definition) is 0. The third-order valence-corrected chi connectivity index (χ3v) is 14.0. The van der Waals surface area contributed by atoms with Crippen LogP contribution in [0.3, 0.4) is 0 Å². The van der Waals surface area contributed by atoms with Crippen LogP contribution in [0.1, 0.15) is 41.5 Å². The molecule has 0 aliphatic heterocycles. The van der Waals surface area contributed by atoms with Gasteiger partial charge in [-0.15, -0.1) is 0 Å². The fraction of sp³-hybridized carbons (Fsp3) is 0.667. The summed E-state index contributed by atoms with van der Waals surface area (Å²) in [5.74, 6) is 0. The number of likely N-dealkylation sites (N-methyl/N-ethyl adjacent to an activating group) is 1. The molecule has 0 atom stereocenters. The second-order valence-corrected chi connectivity index (χ2v) is 15.8. The van der Waals surface area contributed by atoms with Crippen molar-refractivity contribution in [3.8, 4) is 0 Å². The van der Waals surface area contributed by atoms with Crippen molar-refractivity contribution < 1.29 is 12.8 Å². The summed E-state index contributed by atoms with van der Waals surface area (Å²) in [6, 6.07) is 6.90. The molecule has 0 aromatic heterocycles. The van der Waals surface area contributed by atoms with Crippen LogP contribution in [0.5, 0.6) is 0 Å². The minimum atomic E-state index is -3.53. The number of nitrogens with zero attached hydrogens (tertiary/aromatic N) is 1. The first-order valence-corrected chi connectivity index (χ1v) is 13.2. The van der Waals surface area contributed by atoms with Crippen LogP contribution in [0.4, 0.5) is 0 Å². The van der Waals surface area contributed by atoms with E-state index < -0.39 is 18.3 Å². The van der Waals surface area contributed by atoms with Crippen molar-refractivity contribution in [3.05, 3.63) is 28.7 Å². The van der Waals surface area contributed by atoms with Gasteiger partial charge in [0, 0.05) is 24.7 Å². The molecule has 0 saturated carbocycles. The molecule has 0 saturated heterocycles. The maximum absolute atomic E-state index is 12.8. The molecule has 0 aliphatic carbocycles. The van der Waals surface area contributed by atoms with E-state index in [0.29, 0.717) is 34.2 Å². The smallest absolute Gasteiger partial charge is 0.244 e. The molecule has 0 aliphatic rings. The summed E-state index contributed by atoms with van der Waals surface area (Å²) in [7, 11) is -3.89. The van der Waals surface area contributed by atoms with Gasteiger partial charge in [-0.25, -0.2) is 8.42 Å². The van der Waals surface area contributed by atoms with E-state index in [-0.39, 0.29) is 4.90 Å². The van der Waals surface area contributed by atoms with E-state index in [0.717, 1.165) is 0 Å². The molecule has 0 radical (unpaired) electrons. The summed E-state index contributed by atoms with van der Waals surface area (Å²) < 4.78 is 34.0. The minimum absolute atomic E-state index is 0.289. The van der Waals surface area contributed by atoms with Gasteiger partial charge in [0.25, 0.3) is 0 Å². The van der Waals surface area contributed by atoms with Gasteiger partial charge in [0.05, 0.1) is 4.90 Å². The van der Waals surface area contributed by atoms with E-state index in [4.69, 9.17) is 4.43 Å². The molecule has 0 heterocycles. The fourth-order valence-electron chi connectivity index (χ4n) is 3.79. The molecule has 1 aromatic rings. The molecule has 25 heavy (non-hydrogen) atoms. The molecule has 0 unspecified atom stereocenters. The van der Waals surface area contributed by atoms with Gasteiger partial charge < -0.3 is 4.43 Å². The number of benzene rings is 1. The summed E-state index contributed by atoms with van der Waals surface area (Å²) in [5.41, 5.74) is 1.45. The van der Waals surface area contributed by atoms with Crippen LogP contribution in [-0.2, 0) is 14.4 Å². The van der Waals surface area contributed by atoms with Gasteiger partial charge in [0.2, 0.25) is 10.0 Å². The fourth-order valence-corrected chi connectivity index (χ4v) is 11.4. The van der Waals surface area contributed by atoms with Crippen molar-refractivity contribution in [1.29, 1.82) is 0 Å². The Morgan fingerprint density at radius 1 is 1.04 bits per heavy atom. The maximum Gasteiger partial charge on any atom is 0.244 e. The Labute approximate surface area is 163 Å². The van der Waals surface area contributed by atoms with Gasteiger partial charge in [-0.2, -0.15) is 4.31 Å². The quantitative estimate of drug-likeness (QED) is 0.482. The van der Waals surface area contributed by atoms with E-state index in [2.05, 4.69) is 57.5 Å². The largest absolute Gasteiger partial charge is 0.415 e. The molecule has 0 spiro atoms. The zero-order chi connectivity index (χ0) is 19.4. The second kappa shape index (κ2) is 9.13. The minimum Gasteiger partial charge on any atom is -0.415 e. The lowest BCUT2D eigenvalue weighted by atomic mass is 10.4. The topological polar surface area (TPSA) is 46.6 Å². The zero-order valence-electron chi connectivity index (χ0n) is 16.4. The van der Waals surface area contributed by atoms with Crippen LogP contribution in [0.25, 0.3) is 0 Å². The summed E-state index contributed by atoms with van der Waals surface area (Å²) in [6.07, 6.45) is 0. The molecule has 7 heteroatoms. The lowest BCUT2D eigenvalue weighted by molar-refractivity contribution is 0.255. The lowest BCUT2D eigenvalue weighted by Crippen LogP contribution is -2.49. The maximum atomic E-state index is 12.8. The van der Waals surface area contributed by atoms with E-state index >= 15 is 0 Å². The standard InChI is InChI=1S/C18H32BrNO3SSi/c1-14(2)25(15(3)4,16(5)6)23-13-12-20(7)24(21,22)18-11-9-8-10-17(18)19/h8-11,14-16H,12-13H2,1-7H3. The average Bonchev–Trinajstić information content (AvgIpc) is 2.50. The summed E-state index contributed by atoms with van der Waals surface area (Å²) >= 11 is 3.33. The predicted octanol–water partition coefficient (Wildman–Crippen LogP) is 5.26. The Morgan fingerprint density at radius 3 is 1.96 bits per heavy atom. The van der Waals surface area contributed by atoms with Crippen LogP contribution in [-0.4, -0.2) is 41.2 Å². The highest BCUT2D eigenvalue weighted by Gasteiger charge is 2.45. The predicted molar refractivity (Wildman–Crippen MR) is 111 cm³/mol. The van der Waals surface area contributed by atoms with Gasteiger partial charge in [-0.05, 0) is 44.7 Å². The Morgan fingerprint density at radius 2 is 1.52 bits per heavy atom. The molecular weight excluding hydrogens is 418 g/mol. The van der Waals surface area contributed by atoms with E-state index in [9.17, 15) is 8.42 Å². The lowest BCUT2D eigenvalue weighted by Gasteiger charge is -2.42. The molecule has 0 bridgehead atoms. The van der Waals surface area contributed by atoms with Gasteiger partial charge in [-0.1, -0.05) is 53.7 Å². The number of halogens is 1. The Balaban J connectivity index is 2.88. The summed E-state index contributed by atoms with van der Waals surface area (Å²) in [4.78, 5) is 0.289. The van der Waals surface area contributed by atoms with Crippen LogP contribution >= 0.6 is 15.9 Å².